The van der Waals surface area contributed by atoms with Gasteiger partial charge in [0.05, 0.1) is 26.3 Å². The van der Waals surface area contributed by atoms with Crippen LogP contribution in [0.25, 0.3) is 0 Å². The Balaban J connectivity index is 1.52. The van der Waals surface area contributed by atoms with E-state index in [1.54, 1.807) is 13.8 Å². The lowest BCUT2D eigenvalue weighted by Gasteiger charge is -2.37. The molecule has 3 heterocycles. The summed E-state index contributed by atoms with van der Waals surface area (Å²) in [6.45, 7) is 11.3. The summed E-state index contributed by atoms with van der Waals surface area (Å²) in [5.41, 5.74) is 0.393. The number of morpholine rings is 1. The third-order valence-corrected chi connectivity index (χ3v) is 8.50. The van der Waals surface area contributed by atoms with E-state index in [4.69, 9.17) is 9.26 Å². The molecule has 1 aromatic rings. The molecule has 1 aromatic heterocycles. The third-order valence-electron chi connectivity index (χ3n) is 6.39. The van der Waals surface area contributed by atoms with Crippen LogP contribution in [0.1, 0.15) is 37.6 Å². The molecule has 2 aliphatic rings. The van der Waals surface area contributed by atoms with Crippen molar-refractivity contribution in [2.75, 3.05) is 52.5 Å². The Hall–Kier alpha value is -1.49. The van der Waals surface area contributed by atoms with E-state index in [1.165, 1.54) is 9.21 Å². The van der Waals surface area contributed by atoms with Crippen molar-refractivity contribution in [1.82, 2.24) is 14.8 Å². The number of nitrogens with one attached hydrogen (secondary N) is 2. The first-order valence-corrected chi connectivity index (χ1v) is 12.4. The zero-order chi connectivity index (χ0) is 21.7. The maximum Gasteiger partial charge on any atom is 0.248 e. The van der Waals surface area contributed by atoms with Crippen molar-refractivity contribution in [3.63, 3.8) is 0 Å². The number of hydrogen-bond acceptors (Lipinski definition) is 6. The zero-order valence-corrected chi connectivity index (χ0v) is 19.1. The van der Waals surface area contributed by atoms with E-state index in [2.05, 4.69) is 17.4 Å². The molecule has 2 atom stereocenters. The van der Waals surface area contributed by atoms with E-state index in [1.807, 2.05) is 0 Å². The SMILES string of the molecule is CC[C@H]1CN(S(=O)(=O)c2c(C)noc2C)CC[C@H]1CC(=O)NCC[NH+]1CCOCC1. The van der Waals surface area contributed by atoms with Gasteiger partial charge in [0.1, 0.15) is 23.7 Å². The fraction of sp³-hybridized carbons (Fsp3) is 0.800. The van der Waals surface area contributed by atoms with Crippen LogP contribution < -0.4 is 10.2 Å². The Kier molecular flexibility index (Phi) is 7.89. The number of aryl methyl sites for hydroxylation is 2. The average molecular weight is 444 g/mol. The Morgan fingerprint density at radius 3 is 2.63 bits per heavy atom. The van der Waals surface area contributed by atoms with Gasteiger partial charge in [-0.15, -0.1) is 0 Å². The normalized spacial score (nSPS) is 24.1. The quantitative estimate of drug-likeness (QED) is 0.574. The van der Waals surface area contributed by atoms with Gasteiger partial charge in [0.25, 0.3) is 0 Å². The van der Waals surface area contributed by atoms with Crippen LogP contribution in [-0.4, -0.2) is 76.3 Å². The Morgan fingerprint density at radius 2 is 2.00 bits per heavy atom. The average Bonchev–Trinajstić information content (AvgIpc) is 3.07. The molecular weight excluding hydrogens is 408 g/mol. The van der Waals surface area contributed by atoms with Crippen LogP contribution in [0.4, 0.5) is 0 Å². The molecular formula is C20H35N4O5S+. The first-order valence-electron chi connectivity index (χ1n) is 10.9. The highest BCUT2D eigenvalue weighted by Crippen LogP contribution is 2.33. The molecule has 2 fully saturated rings. The molecule has 30 heavy (non-hydrogen) atoms. The van der Waals surface area contributed by atoms with E-state index >= 15 is 0 Å². The lowest BCUT2D eigenvalue weighted by Crippen LogP contribution is -3.14. The van der Waals surface area contributed by atoms with Gasteiger partial charge in [0.15, 0.2) is 5.76 Å². The molecule has 0 unspecified atom stereocenters. The molecule has 2 aliphatic heterocycles. The maximum atomic E-state index is 13.1. The summed E-state index contributed by atoms with van der Waals surface area (Å²) in [6, 6.07) is 0. The summed E-state index contributed by atoms with van der Waals surface area (Å²) in [5, 5.41) is 6.84. The molecule has 9 nitrogen and oxygen atoms in total. The summed E-state index contributed by atoms with van der Waals surface area (Å²) in [7, 11) is -3.64. The minimum atomic E-state index is -3.64. The van der Waals surface area contributed by atoms with Crippen molar-refractivity contribution >= 4 is 15.9 Å². The van der Waals surface area contributed by atoms with Crippen molar-refractivity contribution in [2.45, 2.75) is 44.9 Å². The molecule has 0 aromatic carbocycles. The van der Waals surface area contributed by atoms with Gasteiger partial charge in [0.2, 0.25) is 15.9 Å². The second-order valence-corrected chi connectivity index (χ2v) is 10.3. The number of piperidine rings is 1. The lowest BCUT2D eigenvalue weighted by molar-refractivity contribution is -0.906. The second-order valence-electron chi connectivity index (χ2n) is 8.40. The molecule has 0 bridgehead atoms. The summed E-state index contributed by atoms with van der Waals surface area (Å²) in [4.78, 5) is 14.1. The van der Waals surface area contributed by atoms with E-state index in [0.717, 1.165) is 39.3 Å². The predicted molar refractivity (Wildman–Crippen MR) is 111 cm³/mol. The lowest BCUT2D eigenvalue weighted by atomic mass is 9.82. The first-order chi connectivity index (χ1) is 14.3. The topological polar surface area (TPSA) is 106 Å². The minimum Gasteiger partial charge on any atom is -0.370 e. The van der Waals surface area contributed by atoms with Crippen LogP contribution in [0, 0.1) is 25.7 Å². The van der Waals surface area contributed by atoms with E-state index in [0.29, 0.717) is 43.9 Å². The van der Waals surface area contributed by atoms with Gasteiger partial charge < -0.3 is 19.5 Å². The Labute approximate surface area is 179 Å². The van der Waals surface area contributed by atoms with E-state index in [-0.39, 0.29) is 22.6 Å². The highest BCUT2D eigenvalue weighted by Gasteiger charge is 2.38. The number of hydrogen-bond donors (Lipinski definition) is 2. The van der Waals surface area contributed by atoms with E-state index in [9.17, 15) is 13.2 Å². The fourth-order valence-electron chi connectivity index (χ4n) is 4.57. The third kappa shape index (κ3) is 5.40. The van der Waals surface area contributed by atoms with Gasteiger partial charge >= 0.3 is 0 Å². The number of sulfonamides is 1. The van der Waals surface area contributed by atoms with Crippen molar-refractivity contribution in [3.05, 3.63) is 11.5 Å². The number of quaternary nitrogens is 1. The number of ether oxygens (including phenoxy) is 1. The van der Waals surface area contributed by atoms with Crippen LogP contribution in [-0.2, 0) is 19.6 Å². The molecule has 170 valence electrons. The number of rotatable bonds is 8. The summed E-state index contributed by atoms with van der Waals surface area (Å²) in [5.74, 6) is 0.740. The molecule has 2 saturated heterocycles. The van der Waals surface area contributed by atoms with Gasteiger partial charge in [-0.1, -0.05) is 18.5 Å². The summed E-state index contributed by atoms with van der Waals surface area (Å²) >= 11 is 0. The van der Waals surface area contributed by atoms with Gasteiger partial charge in [-0.05, 0) is 32.1 Å². The van der Waals surface area contributed by atoms with Crippen LogP contribution in [0.5, 0.6) is 0 Å². The molecule has 0 spiro atoms. The van der Waals surface area contributed by atoms with Crippen LogP contribution in [0.15, 0.2) is 9.42 Å². The molecule has 0 radical (unpaired) electrons. The zero-order valence-electron chi connectivity index (χ0n) is 18.3. The summed E-state index contributed by atoms with van der Waals surface area (Å²) < 4.78 is 38.2. The van der Waals surface area contributed by atoms with Crippen LogP contribution >= 0.6 is 0 Å². The first kappa shape index (κ1) is 23.2. The Bertz CT molecular complexity index is 800. The molecule has 10 heteroatoms. The van der Waals surface area contributed by atoms with Crippen molar-refractivity contribution < 1.29 is 27.4 Å². The molecule has 0 aliphatic carbocycles. The standard InChI is InChI=1S/C20H34N4O5S/c1-4-17-14-24(30(26,27)20-15(2)22-29-16(20)3)7-5-18(17)13-19(25)21-6-8-23-9-11-28-12-10-23/h17-18H,4-14H2,1-3H3,(H,21,25)/p+1/t17-,18-/m0/s1. The number of nitrogens with zero attached hydrogens (tertiary/aromatic N) is 2. The molecule has 3 rings (SSSR count). The summed E-state index contributed by atoms with van der Waals surface area (Å²) in [6.07, 6.45) is 1.98. The van der Waals surface area contributed by atoms with E-state index < -0.39 is 10.0 Å². The highest BCUT2D eigenvalue weighted by molar-refractivity contribution is 7.89. The largest absolute Gasteiger partial charge is 0.370 e. The monoisotopic (exact) mass is 443 g/mol. The fourth-order valence-corrected chi connectivity index (χ4v) is 6.37. The predicted octanol–water partition coefficient (Wildman–Crippen LogP) is -0.250. The van der Waals surface area contributed by atoms with Crippen LogP contribution in [0.3, 0.4) is 0 Å². The number of carbonyl (C=O) groups is 1. The van der Waals surface area contributed by atoms with Crippen LogP contribution in [0.2, 0.25) is 0 Å². The second kappa shape index (κ2) is 10.2. The highest BCUT2D eigenvalue weighted by atomic mass is 32.2. The smallest absolute Gasteiger partial charge is 0.248 e. The molecule has 1 amide bonds. The number of amides is 1. The maximum absolute atomic E-state index is 13.1. The van der Waals surface area contributed by atoms with Gasteiger partial charge in [-0.2, -0.15) is 4.31 Å². The van der Waals surface area contributed by atoms with Crippen molar-refractivity contribution in [3.8, 4) is 0 Å². The number of aromatic nitrogens is 1. The van der Waals surface area contributed by atoms with Crippen molar-refractivity contribution in [1.29, 1.82) is 0 Å². The van der Waals surface area contributed by atoms with Gasteiger partial charge in [-0.3, -0.25) is 4.79 Å². The van der Waals surface area contributed by atoms with Gasteiger partial charge in [0, 0.05) is 19.5 Å². The molecule has 0 saturated carbocycles. The molecule has 2 N–H and O–H groups in total. The minimum absolute atomic E-state index is 0.0631. The number of carbonyl (C=O) groups excluding carboxylic acids is 1. The van der Waals surface area contributed by atoms with Crippen molar-refractivity contribution in [2.24, 2.45) is 11.8 Å². The van der Waals surface area contributed by atoms with Gasteiger partial charge in [-0.25, -0.2) is 8.42 Å². The Morgan fingerprint density at radius 1 is 1.27 bits per heavy atom.